The van der Waals surface area contributed by atoms with Gasteiger partial charge in [-0.3, -0.25) is 4.79 Å². The third kappa shape index (κ3) is 6.73. The Hall–Kier alpha value is -1.74. The van der Waals surface area contributed by atoms with E-state index in [0.29, 0.717) is 6.61 Å². The quantitative estimate of drug-likeness (QED) is 0.609. The van der Waals surface area contributed by atoms with E-state index in [1.54, 1.807) is 26.2 Å². The van der Waals surface area contributed by atoms with E-state index in [1.165, 1.54) is 12.1 Å². The molecule has 0 radical (unpaired) electrons. The van der Waals surface area contributed by atoms with E-state index >= 15 is 0 Å². The summed E-state index contributed by atoms with van der Waals surface area (Å²) < 4.78 is 33.8. The molecule has 6 nitrogen and oxygen atoms in total. The highest BCUT2D eigenvalue weighted by molar-refractivity contribution is 9.10. The summed E-state index contributed by atoms with van der Waals surface area (Å²) in [5, 5.41) is 2.79. The van der Waals surface area contributed by atoms with Crippen molar-refractivity contribution in [1.82, 2.24) is 10.0 Å². The molecule has 8 heteroatoms. The fourth-order valence-corrected chi connectivity index (χ4v) is 4.00. The molecule has 0 bridgehead atoms. The smallest absolute Gasteiger partial charge is 0.241 e. The van der Waals surface area contributed by atoms with Crippen molar-refractivity contribution in [2.45, 2.75) is 30.3 Å². The number of nitrogens with one attached hydrogen (secondary N) is 2. The van der Waals surface area contributed by atoms with E-state index in [0.717, 1.165) is 10.0 Å². The molecule has 2 N–H and O–H groups in total. The van der Waals surface area contributed by atoms with Crippen molar-refractivity contribution in [3.8, 4) is 0 Å². The van der Waals surface area contributed by atoms with Crippen molar-refractivity contribution in [2.24, 2.45) is 0 Å². The standard InChI is InChI=1S/C19H23BrN2O4S/c1-14(13-26-2)21-19(23)18(12-15-6-4-3-5-7-15)22-27(24,25)17-10-8-16(20)9-11-17/h3-11,14,18,22H,12-13H2,1-2H3,(H,21,23)/t14-,18-/m0/s1. The second kappa shape index (κ2) is 9.98. The number of methoxy groups -OCH3 is 1. The maximum absolute atomic E-state index is 12.7. The maximum Gasteiger partial charge on any atom is 0.241 e. The van der Waals surface area contributed by atoms with Gasteiger partial charge in [0, 0.05) is 17.6 Å². The van der Waals surface area contributed by atoms with Crippen LogP contribution in [0, 0.1) is 0 Å². The molecular weight excluding hydrogens is 432 g/mol. The van der Waals surface area contributed by atoms with Gasteiger partial charge in [-0.1, -0.05) is 46.3 Å². The molecule has 0 saturated heterocycles. The molecule has 0 aromatic heterocycles. The van der Waals surface area contributed by atoms with E-state index in [1.807, 2.05) is 30.3 Å². The van der Waals surface area contributed by atoms with Crippen molar-refractivity contribution in [3.63, 3.8) is 0 Å². The summed E-state index contributed by atoms with van der Waals surface area (Å²) >= 11 is 3.28. The van der Waals surface area contributed by atoms with Gasteiger partial charge in [0.25, 0.3) is 0 Å². The van der Waals surface area contributed by atoms with Gasteiger partial charge in [-0.2, -0.15) is 4.72 Å². The van der Waals surface area contributed by atoms with Crippen molar-refractivity contribution in [3.05, 3.63) is 64.6 Å². The first kappa shape index (κ1) is 21.6. The van der Waals surface area contributed by atoms with Crippen LogP contribution < -0.4 is 10.0 Å². The van der Waals surface area contributed by atoms with Crippen LogP contribution >= 0.6 is 15.9 Å². The second-order valence-electron chi connectivity index (χ2n) is 6.18. The molecule has 27 heavy (non-hydrogen) atoms. The summed E-state index contributed by atoms with van der Waals surface area (Å²) in [7, 11) is -2.31. The SMILES string of the molecule is COC[C@H](C)NC(=O)[C@H](Cc1ccccc1)NS(=O)(=O)c1ccc(Br)cc1. The molecule has 0 unspecified atom stereocenters. The number of carbonyl (C=O) groups is 1. The number of hydrogen-bond donors (Lipinski definition) is 2. The summed E-state index contributed by atoms with van der Waals surface area (Å²) in [6, 6.07) is 14.3. The molecule has 0 aliphatic heterocycles. The van der Waals surface area contributed by atoms with Gasteiger partial charge in [0.15, 0.2) is 0 Å². The predicted octanol–water partition coefficient (Wildman–Crippen LogP) is 2.49. The van der Waals surface area contributed by atoms with Crippen LogP contribution in [-0.4, -0.2) is 40.1 Å². The highest BCUT2D eigenvalue weighted by Gasteiger charge is 2.27. The zero-order valence-corrected chi connectivity index (χ0v) is 17.6. The number of amides is 1. The van der Waals surface area contributed by atoms with E-state index < -0.39 is 22.0 Å². The highest BCUT2D eigenvalue weighted by Crippen LogP contribution is 2.15. The molecular formula is C19H23BrN2O4S. The van der Waals surface area contributed by atoms with Crippen LogP contribution in [0.1, 0.15) is 12.5 Å². The summed E-state index contributed by atoms with van der Waals surface area (Å²) in [5.74, 6) is -0.399. The van der Waals surface area contributed by atoms with Crippen LogP contribution in [0.15, 0.2) is 64.0 Å². The fraction of sp³-hybridized carbons (Fsp3) is 0.316. The lowest BCUT2D eigenvalue weighted by Crippen LogP contribution is -2.50. The second-order valence-corrected chi connectivity index (χ2v) is 8.81. The Balaban J connectivity index is 2.22. The van der Waals surface area contributed by atoms with Crippen molar-refractivity contribution in [1.29, 1.82) is 0 Å². The largest absolute Gasteiger partial charge is 0.383 e. The van der Waals surface area contributed by atoms with Crippen molar-refractivity contribution >= 4 is 31.9 Å². The van der Waals surface area contributed by atoms with Crippen LogP contribution in [0.5, 0.6) is 0 Å². The monoisotopic (exact) mass is 454 g/mol. The Labute approximate surface area is 168 Å². The predicted molar refractivity (Wildman–Crippen MR) is 108 cm³/mol. The molecule has 2 aromatic carbocycles. The number of halogens is 1. The molecule has 1 amide bonds. The molecule has 0 spiro atoms. The third-order valence-electron chi connectivity index (χ3n) is 3.83. The average molecular weight is 455 g/mol. The van der Waals surface area contributed by atoms with E-state index in [4.69, 9.17) is 4.74 Å². The lowest BCUT2D eigenvalue weighted by atomic mass is 10.1. The van der Waals surface area contributed by atoms with E-state index in [9.17, 15) is 13.2 Å². The van der Waals surface area contributed by atoms with E-state index in [2.05, 4.69) is 26.0 Å². The van der Waals surface area contributed by atoms with Gasteiger partial charge >= 0.3 is 0 Å². The number of sulfonamides is 1. The lowest BCUT2D eigenvalue weighted by Gasteiger charge is -2.21. The normalized spacial score (nSPS) is 13.7. The topological polar surface area (TPSA) is 84.5 Å². The Morgan fingerprint density at radius 2 is 1.74 bits per heavy atom. The van der Waals surface area contributed by atoms with Gasteiger partial charge in [-0.05, 0) is 43.2 Å². The number of hydrogen-bond acceptors (Lipinski definition) is 4. The third-order valence-corrected chi connectivity index (χ3v) is 5.84. The van der Waals surface area contributed by atoms with Crippen LogP contribution in [0.4, 0.5) is 0 Å². The first-order valence-electron chi connectivity index (χ1n) is 8.43. The molecule has 0 heterocycles. The Morgan fingerprint density at radius 3 is 2.33 bits per heavy atom. The van der Waals surface area contributed by atoms with Gasteiger partial charge < -0.3 is 10.1 Å². The van der Waals surface area contributed by atoms with Crippen LogP contribution in [0.3, 0.4) is 0 Å². The summed E-state index contributed by atoms with van der Waals surface area (Å²) in [6.45, 7) is 2.13. The Bertz CT molecular complexity index is 842. The summed E-state index contributed by atoms with van der Waals surface area (Å²) in [6.07, 6.45) is 0.238. The van der Waals surface area contributed by atoms with Gasteiger partial charge in [0.05, 0.1) is 11.5 Å². The van der Waals surface area contributed by atoms with Crippen LogP contribution in [0.25, 0.3) is 0 Å². The number of benzene rings is 2. The zero-order chi connectivity index (χ0) is 19.9. The summed E-state index contributed by atoms with van der Waals surface area (Å²) in [5.41, 5.74) is 0.857. The molecule has 0 saturated carbocycles. The zero-order valence-electron chi connectivity index (χ0n) is 15.2. The summed E-state index contributed by atoms with van der Waals surface area (Å²) in [4.78, 5) is 12.8. The number of carbonyl (C=O) groups excluding carboxylic acids is 1. The molecule has 0 aliphatic rings. The molecule has 0 fully saturated rings. The minimum atomic E-state index is -3.85. The number of ether oxygens (including phenoxy) is 1. The van der Waals surface area contributed by atoms with E-state index in [-0.39, 0.29) is 17.4 Å². The number of rotatable bonds is 9. The van der Waals surface area contributed by atoms with Gasteiger partial charge in [-0.15, -0.1) is 0 Å². The van der Waals surface area contributed by atoms with Crippen LogP contribution in [0.2, 0.25) is 0 Å². The molecule has 2 aromatic rings. The lowest BCUT2D eigenvalue weighted by molar-refractivity contribution is -0.123. The van der Waals surface area contributed by atoms with Gasteiger partial charge in [0.2, 0.25) is 15.9 Å². The molecule has 2 atom stereocenters. The fourth-order valence-electron chi connectivity index (χ4n) is 2.54. The van der Waals surface area contributed by atoms with Crippen LogP contribution in [-0.2, 0) is 26.0 Å². The molecule has 2 rings (SSSR count). The van der Waals surface area contributed by atoms with Gasteiger partial charge in [-0.25, -0.2) is 8.42 Å². The Morgan fingerprint density at radius 1 is 1.11 bits per heavy atom. The van der Waals surface area contributed by atoms with Crippen molar-refractivity contribution < 1.29 is 17.9 Å². The first-order chi connectivity index (χ1) is 12.8. The highest BCUT2D eigenvalue weighted by atomic mass is 79.9. The minimum Gasteiger partial charge on any atom is -0.383 e. The maximum atomic E-state index is 12.7. The Kier molecular flexibility index (Phi) is 7.97. The molecule has 146 valence electrons. The minimum absolute atomic E-state index is 0.0986. The van der Waals surface area contributed by atoms with Crippen molar-refractivity contribution in [2.75, 3.05) is 13.7 Å². The average Bonchev–Trinajstić information content (AvgIpc) is 2.62. The molecule has 0 aliphatic carbocycles. The first-order valence-corrected chi connectivity index (χ1v) is 10.7. The van der Waals surface area contributed by atoms with Gasteiger partial charge in [0.1, 0.15) is 6.04 Å².